The van der Waals surface area contributed by atoms with Crippen LogP contribution >= 0.6 is 12.4 Å². The molecule has 0 unspecified atom stereocenters. The van der Waals surface area contributed by atoms with Gasteiger partial charge < -0.3 is 15.2 Å². The van der Waals surface area contributed by atoms with E-state index in [1.807, 2.05) is 6.07 Å². The third-order valence-electron chi connectivity index (χ3n) is 2.73. The molecular weight excluding hydrogens is 296 g/mol. The molecule has 112 valence electrons. The quantitative estimate of drug-likeness (QED) is 0.676. The van der Waals surface area contributed by atoms with E-state index in [-0.39, 0.29) is 23.8 Å². The number of ether oxygens (including phenoxy) is 2. The monoisotopic (exact) mass is 310 g/mol. The first-order valence-electron chi connectivity index (χ1n) is 5.93. The number of hydrogen-bond acceptors (Lipinski definition) is 5. The van der Waals surface area contributed by atoms with Gasteiger partial charge >= 0.3 is 5.69 Å². The van der Waals surface area contributed by atoms with Crippen molar-refractivity contribution in [1.29, 1.82) is 0 Å². The average molecular weight is 311 g/mol. The molecule has 0 aromatic heterocycles. The highest BCUT2D eigenvalue weighted by molar-refractivity contribution is 5.85. The van der Waals surface area contributed by atoms with Gasteiger partial charge in [-0.05, 0) is 23.8 Å². The molecule has 0 heterocycles. The van der Waals surface area contributed by atoms with Crippen LogP contribution in [-0.4, -0.2) is 12.0 Å². The molecule has 0 spiro atoms. The Morgan fingerprint density at radius 3 is 2.57 bits per heavy atom. The Morgan fingerprint density at radius 1 is 1.19 bits per heavy atom. The summed E-state index contributed by atoms with van der Waals surface area (Å²) in [6, 6.07) is 11.4. The van der Waals surface area contributed by atoms with Crippen LogP contribution in [0.5, 0.6) is 17.2 Å². The van der Waals surface area contributed by atoms with Gasteiger partial charge in [-0.2, -0.15) is 0 Å². The zero-order valence-corrected chi connectivity index (χ0v) is 12.1. The summed E-state index contributed by atoms with van der Waals surface area (Å²) in [4.78, 5) is 10.5. The molecule has 0 saturated heterocycles. The second-order valence-electron chi connectivity index (χ2n) is 4.04. The maximum absolute atomic E-state index is 11.0. The number of rotatable bonds is 5. The van der Waals surface area contributed by atoms with Gasteiger partial charge in [-0.1, -0.05) is 12.1 Å². The van der Waals surface area contributed by atoms with Crippen LogP contribution in [0.25, 0.3) is 0 Å². The zero-order valence-electron chi connectivity index (χ0n) is 11.3. The van der Waals surface area contributed by atoms with Crippen LogP contribution in [0.1, 0.15) is 5.56 Å². The van der Waals surface area contributed by atoms with E-state index in [0.717, 1.165) is 5.56 Å². The molecule has 0 saturated carbocycles. The van der Waals surface area contributed by atoms with E-state index in [9.17, 15) is 10.1 Å². The molecule has 6 nitrogen and oxygen atoms in total. The lowest BCUT2D eigenvalue weighted by Gasteiger charge is -2.09. The SMILES string of the molecule is COc1ccc([N+](=O)[O-])c(Oc2cccc(CN)c2)c1.Cl. The van der Waals surface area contributed by atoms with Gasteiger partial charge in [-0.15, -0.1) is 12.4 Å². The minimum atomic E-state index is -0.498. The lowest BCUT2D eigenvalue weighted by Crippen LogP contribution is -1.97. The molecule has 2 aromatic carbocycles. The van der Waals surface area contributed by atoms with E-state index in [0.29, 0.717) is 18.0 Å². The van der Waals surface area contributed by atoms with E-state index in [1.54, 1.807) is 18.2 Å². The maximum Gasteiger partial charge on any atom is 0.311 e. The van der Waals surface area contributed by atoms with Crippen molar-refractivity contribution in [2.24, 2.45) is 5.73 Å². The fourth-order valence-corrected chi connectivity index (χ4v) is 1.72. The van der Waals surface area contributed by atoms with Crippen molar-refractivity contribution < 1.29 is 14.4 Å². The summed E-state index contributed by atoms with van der Waals surface area (Å²) in [5, 5.41) is 11.0. The summed E-state index contributed by atoms with van der Waals surface area (Å²) in [5.74, 6) is 1.11. The minimum Gasteiger partial charge on any atom is -0.497 e. The first-order chi connectivity index (χ1) is 9.63. The summed E-state index contributed by atoms with van der Waals surface area (Å²) >= 11 is 0. The van der Waals surface area contributed by atoms with Gasteiger partial charge in [0, 0.05) is 18.7 Å². The van der Waals surface area contributed by atoms with E-state index in [4.69, 9.17) is 15.2 Å². The number of nitrogens with zero attached hydrogens (tertiary/aromatic N) is 1. The molecule has 2 aromatic rings. The molecule has 7 heteroatoms. The van der Waals surface area contributed by atoms with Gasteiger partial charge in [0.1, 0.15) is 11.5 Å². The number of benzene rings is 2. The standard InChI is InChI=1S/C14H14N2O4.ClH/c1-19-11-5-6-13(16(17)18)14(8-11)20-12-4-2-3-10(7-12)9-15;/h2-8H,9,15H2,1H3;1H. The van der Waals surface area contributed by atoms with Crippen molar-refractivity contribution in [3.63, 3.8) is 0 Å². The number of nitro groups is 1. The first-order valence-corrected chi connectivity index (χ1v) is 5.93. The van der Waals surface area contributed by atoms with Crippen LogP contribution in [0.15, 0.2) is 42.5 Å². The third kappa shape index (κ3) is 4.08. The average Bonchev–Trinajstić information content (AvgIpc) is 2.47. The Kier molecular flexibility index (Phi) is 5.95. The van der Waals surface area contributed by atoms with E-state index >= 15 is 0 Å². The molecule has 21 heavy (non-hydrogen) atoms. The number of halogens is 1. The van der Waals surface area contributed by atoms with Crippen LogP contribution in [0.3, 0.4) is 0 Å². The van der Waals surface area contributed by atoms with Gasteiger partial charge in [0.2, 0.25) is 5.75 Å². The summed E-state index contributed by atoms with van der Waals surface area (Å²) < 4.78 is 10.6. The minimum absolute atomic E-state index is 0. The number of hydrogen-bond donors (Lipinski definition) is 1. The highest BCUT2D eigenvalue weighted by Gasteiger charge is 2.17. The second kappa shape index (κ2) is 7.47. The lowest BCUT2D eigenvalue weighted by molar-refractivity contribution is -0.385. The molecule has 0 fully saturated rings. The Morgan fingerprint density at radius 2 is 1.95 bits per heavy atom. The summed E-state index contributed by atoms with van der Waals surface area (Å²) in [7, 11) is 1.49. The van der Waals surface area contributed by atoms with E-state index in [1.165, 1.54) is 25.3 Å². The predicted octanol–water partition coefficient (Wildman–Crippen LogP) is 3.28. The van der Waals surface area contributed by atoms with Crippen molar-refractivity contribution in [2.75, 3.05) is 7.11 Å². The second-order valence-corrected chi connectivity index (χ2v) is 4.04. The number of nitrogens with two attached hydrogens (primary N) is 1. The molecule has 0 atom stereocenters. The van der Waals surface area contributed by atoms with E-state index < -0.39 is 4.92 Å². The summed E-state index contributed by atoms with van der Waals surface area (Å²) in [5.41, 5.74) is 6.31. The molecule has 0 bridgehead atoms. The number of methoxy groups -OCH3 is 1. The highest BCUT2D eigenvalue weighted by Crippen LogP contribution is 2.34. The molecule has 2 rings (SSSR count). The first kappa shape index (κ1) is 16.7. The van der Waals surface area contributed by atoms with Gasteiger partial charge in [0.15, 0.2) is 0 Å². The Labute approximate surface area is 128 Å². The third-order valence-corrected chi connectivity index (χ3v) is 2.73. The van der Waals surface area contributed by atoms with Crippen LogP contribution in [0.2, 0.25) is 0 Å². The molecular formula is C14H15ClN2O4. The fourth-order valence-electron chi connectivity index (χ4n) is 1.72. The largest absolute Gasteiger partial charge is 0.497 e. The Hall–Kier alpha value is -2.31. The molecule has 0 aliphatic rings. The van der Waals surface area contributed by atoms with Gasteiger partial charge in [-0.3, -0.25) is 10.1 Å². The molecule has 0 amide bonds. The number of nitro benzene ring substituents is 1. The van der Waals surface area contributed by atoms with E-state index in [2.05, 4.69) is 0 Å². The molecule has 2 N–H and O–H groups in total. The van der Waals surface area contributed by atoms with Crippen LogP contribution in [0, 0.1) is 10.1 Å². The van der Waals surface area contributed by atoms with Crippen LogP contribution in [-0.2, 0) is 6.54 Å². The van der Waals surface area contributed by atoms with Crippen molar-refractivity contribution in [3.8, 4) is 17.2 Å². The molecule has 0 radical (unpaired) electrons. The van der Waals surface area contributed by atoms with Crippen molar-refractivity contribution in [3.05, 3.63) is 58.1 Å². The Bertz CT molecular complexity index is 634. The Balaban J connectivity index is 0.00000220. The molecule has 0 aliphatic carbocycles. The highest BCUT2D eigenvalue weighted by atomic mass is 35.5. The van der Waals surface area contributed by atoms with Crippen molar-refractivity contribution in [2.45, 2.75) is 6.54 Å². The lowest BCUT2D eigenvalue weighted by atomic mass is 10.2. The predicted molar refractivity (Wildman–Crippen MR) is 81.3 cm³/mol. The zero-order chi connectivity index (χ0) is 14.5. The normalized spacial score (nSPS) is 9.62. The maximum atomic E-state index is 11.0. The topological polar surface area (TPSA) is 87.6 Å². The van der Waals surface area contributed by atoms with Crippen LogP contribution in [0.4, 0.5) is 5.69 Å². The van der Waals surface area contributed by atoms with Gasteiger partial charge in [0.25, 0.3) is 0 Å². The van der Waals surface area contributed by atoms with Gasteiger partial charge in [0.05, 0.1) is 12.0 Å². The summed E-state index contributed by atoms with van der Waals surface area (Å²) in [6.45, 7) is 0.372. The van der Waals surface area contributed by atoms with Crippen LogP contribution < -0.4 is 15.2 Å². The van der Waals surface area contributed by atoms with Crippen molar-refractivity contribution in [1.82, 2.24) is 0 Å². The fraction of sp³-hybridized carbons (Fsp3) is 0.143. The van der Waals surface area contributed by atoms with Gasteiger partial charge in [-0.25, -0.2) is 0 Å². The molecule has 0 aliphatic heterocycles. The summed E-state index contributed by atoms with van der Waals surface area (Å²) in [6.07, 6.45) is 0. The van der Waals surface area contributed by atoms with Crippen molar-refractivity contribution >= 4 is 18.1 Å². The smallest absolute Gasteiger partial charge is 0.311 e.